The van der Waals surface area contributed by atoms with Crippen molar-refractivity contribution in [2.24, 2.45) is 11.8 Å². The number of rotatable bonds is 8. The molecule has 5 rings (SSSR count). The van der Waals surface area contributed by atoms with Crippen molar-refractivity contribution in [2.75, 3.05) is 11.9 Å². The smallest absolute Gasteiger partial charge is 0.255 e. The Kier molecular flexibility index (Phi) is 7.28. The third-order valence-electron chi connectivity index (χ3n) is 8.07. The lowest BCUT2D eigenvalue weighted by molar-refractivity contribution is -0.0525. The first-order valence-corrected chi connectivity index (χ1v) is 15.9. The van der Waals surface area contributed by atoms with Crippen molar-refractivity contribution in [3.8, 4) is 0 Å². The van der Waals surface area contributed by atoms with Gasteiger partial charge in [-0.25, -0.2) is 34.7 Å². The number of sulfone groups is 1. The van der Waals surface area contributed by atoms with Gasteiger partial charge in [-0.05, 0) is 68.6 Å². The van der Waals surface area contributed by atoms with Gasteiger partial charge in [0.05, 0.1) is 26.0 Å². The highest BCUT2D eigenvalue weighted by atomic mass is 35.5. The van der Waals surface area contributed by atoms with E-state index in [1.165, 1.54) is 12.1 Å². The van der Waals surface area contributed by atoms with Gasteiger partial charge in [0.25, 0.3) is 5.91 Å². The maximum atomic E-state index is 13.7. The molecule has 0 radical (unpaired) electrons. The summed E-state index contributed by atoms with van der Waals surface area (Å²) in [6.07, 6.45) is 2.41. The molecule has 1 amide bonds. The van der Waals surface area contributed by atoms with Gasteiger partial charge in [0.2, 0.25) is 10.0 Å². The number of carbonyl (C=O) groups is 1. The minimum atomic E-state index is -4.09. The van der Waals surface area contributed by atoms with Crippen molar-refractivity contribution in [1.29, 1.82) is 0 Å². The minimum absolute atomic E-state index is 0.0847. The van der Waals surface area contributed by atoms with E-state index in [0.29, 0.717) is 37.8 Å². The van der Waals surface area contributed by atoms with Crippen molar-refractivity contribution < 1.29 is 39.9 Å². The topological polar surface area (TPSA) is 130 Å². The quantitative estimate of drug-likeness (QED) is 0.392. The van der Waals surface area contributed by atoms with Crippen LogP contribution in [-0.4, -0.2) is 50.5 Å². The summed E-state index contributed by atoms with van der Waals surface area (Å²) in [5.74, 6) is -6.50. The number of nitrogens with one attached hydrogen (secondary N) is 2. The highest BCUT2D eigenvalue weighted by Crippen LogP contribution is 2.52. The molecule has 8 nitrogen and oxygen atoms in total. The third-order valence-corrected chi connectivity index (χ3v) is 12.6. The number of hydrogen-bond donors (Lipinski definition) is 3. The molecule has 2 bridgehead atoms. The second-order valence-electron chi connectivity index (χ2n) is 10.5. The molecule has 0 saturated heterocycles. The molecule has 2 aromatic rings. The van der Waals surface area contributed by atoms with E-state index < -0.39 is 71.2 Å². The number of sulfonamides is 1. The number of fused-ring (bicyclic) bond motifs is 2. The van der Waals surface area contributed by atoms with Gasteiger partial charge in [-0.1, -0.05) is 11.6 Å². The van der Waals surface area contributed by atoms with Gasteiger partial charge in [-0.2, -0.15) is 0 Å². The fraction of sp³-hybridized carbons (Fsp3) is 0.480. The van der Waals surface area contributed by atoms with E-state index in [4.69, 9.17) is 11.6 Å². The molecule has 39 heavy (non-hydrogen) atoms. The fourth-order valence-corrected chi connectivity index (χ4v) is 9.56. The summed E-state index contributed by atoms with van der Waals surface area (Å²) in [6, 6.07) is 4.70. The molecular weight excluding hydrogens is 581 g/mol. The maximum absolute atomic E-state index is 13.7. The molecular formula is C25H26ClF3N2O6S2. The normalized spacial score (nSPS) is 26.9. The van der Waals surface area contributed by atoms with Gasteiger partial charge >= 0.3 is 0 Å². The molecule has 3 aliphatic carbocycles. The molecule has 3 aliphatic rings. The van der Waals surface area contributed by atoms with Crippen molar-refractivity contribution >= 4 is 43.1 Å². The molecule has 212 valence electrons. The average molecular weight is 607 g/mol. The van der Waals surface area contributed by atoms with E-state index in [2.05, 4.69) is 10.0 Å². The number of amides is 1. The third kappa shape index (κ3) is 5.31. The Morgan fingerprint density at radius 2 is 1.54 bits per heavy atom. The summed E-state index contributed by atoms with van der Waals surface area (Å²) in [5.41, 5.74) is -1.89. The number of hydrogen-bond acceptors (Lipinski definition) is 6. The Bertz CT molecular complexity index is 1510. The molecule has 0 aromatic heterocycles. The zero-order chi connectivity index (χ0) is 28.3. The lowest BCUT2D eigenvalue weighted by Crippen LogP contribution is -2.55. The van der Waals surface area contributed by atoms with Gasteiger partial charge < -0.3 is 10.4 Å². The number of halogens is 4. The van der Waals surface area contributed by atoms with Gasteiger partial charge in [0.1, 0.15) is 0 Å². The summed E-state index contributed by atoms with van der Waals surface area (Å²) in [7, 11) is -7.62. The first-order valence-electron chi connectivity index (χ1n) is 12.4. The van der Waals surface area contributed by atoms with Gasteiger partial charge in [0, 0.05) is 29.9 Å². The van der Waals surface area contributed by atoms with E-state index >= 15 is 0 Å². The van der Waals surface area contributed by atoms with Crippen LogP contribution in [0.2, 0.25) is 5.02 Å². The van der Waals surface area contributed by atoms with E-state index in [1.54, 1.807) is 0 Å². The Morgan fingerprint density at radius 1 is 0.949 bits per heavy atom. The van der Waals surface area contributed by atoms with Crippen LogP contribution in [0.3, 0.4) is 0 Å². The van der Waals surface area contributed by atoms with Gasteiger partial charge in [-0.15, -0.1) is 0 Å². The number of anilines is 1. The fourth-order valence-electron chi connectivity index (χ4n) is 5.74. The SMILES string of the molecule is O=C(Nc1cc(F)c(F)c(F)c1)c1ccc(Cl)c(S(=O)(=O)C2CC3CC[C@@H](C2)C3(O)CNS(=O)(=O)C2CC2)c1. The van der Waals surface area contributed by atoms with E-state index in [0.717, 1.165) is 6.07 Å². The van der Waals surface area contributed by atoms with Crippen LogP contribution in [0.1, 0.15) is 48.9 Å². The second-order valence-corrected chi connectivity index (χ2v) is 15.2. The standard InChI is InChI=1S/C25H26ClF3N2O6S2/c26-19-6-1-13(24(32)31-16-10-20(27)23(29)21(28)11-16)7-22(19)38(34,35)18-8-14-2-3-15(9-18)25(14,33)12-30-39(36,37)17-4-5-17/h1,6-7,10-11,14-15,17-18,30,33H,2-5,8-9,12H2,(H,31,32)/t14-,15?,18?,25?/m0/s1. The van der Waals surface area contributed by atoms with Crippen LogP contribution in [0.5, 0.6) is 0 Å². The lowest BCUT2D eigenvalue weighted by Gasteiger charge is -2.42. The Labute approximate surface area is 228 Å². The maximum Gasteiger partial charge on any atom is 0.255 e. The van der Waals surface area contributed by atoms with Crippen LogP contribution in [-0.2, 0) is 19.9 Å². The Morgan fingerprint density at radius 3 is 2.10 bits per heavy atom. The van der Waals surface area contributed by atoms with Crippen molar-refractivity contribution in [3.63, 3.8) is 0 Å². The molecule has 14 heteroatoms. The predicted molar refractivity (Wildman–Crippen MR) is 137 cm³/mol. The van der Waals surface area contributed by atoms with E-state index in [-0.39, 0.29) is 40.6 Å². The summed E-state index contributed by atoms with van der Waals surface area (Å²) < 4.78 is 94.7. The summed E-state index contributed by atoms with van der Waals surface area (Å²) in [5, 5.41) is 12.1. The largest absolute Gasteiger partial charge is 0.388 e. The first-order chi connectivity index (χ1) is 18.2. The molecule has 3 N–H and O–H groups in total. The van der Waals surface area contributed by atoms with Crippen molar-refractivity contribution in [1.82, 2.24) is 4.72 Å². The molecule has 0 aliphatic heterocycles. The second kappa shape index (κ2) is 10.0. The van der Waals surface area contributed by atoms with Gasteiger partial charge in [0.15, 0.2) is 27.3 Å². The predicted octanol–water partition coefficient (Wildman–Crippen LogP) is 3.78. The van der Waals surface area contributed by atoms with E-state index in [1.807, 2.05) is 0 Å². The molecule has 3 fully saturated rings. The van der Waals surface area contributed by atoms with Crippen LogP contribution in [0.4, 0.5) is 18.9 Å². The minimum Gasteiger partial charge on any atom is -0.388 e. The van der Waals surface area contributed by atoms with Crippen LogP contribution >= 0.6 is 11.6 Å². The lowest BCUT2D eigenvalue weighted by atomic mass is 9.74. The van der Waals surface area contributed by atoms with Crippen molar-refractivity contribution in [2.45, 2.75) is 59.5 Å². The van der Waals surface area contributed by atoms with Crippen LogP contribution in [0.15, 0.2) is 35.2 Å². The number of carbonyl (C=O) groups excluding carboxylic acids is 1. The average Bonchev–Trinajstić information content (AvgIpc) is 3.70. The summed E-state index contributed by atoms with van der Waals surface area (Å²) in [4.78, 5) is 12.4. The molecule has 2 aromatic carbocycles. The monoisotopic (exact) mass is 606 g/mol. The van der Waals surface area contributed by atoms with Crippen LogP contribution < -0.4 is 10.0 Å². The molecule has 3 saturated carbocycles. The summed E-state index contributed by atoms with van der Waals surface area (Å²) >= 11 is 6.23. The zero-order valence-electron chi connectivity index (χ0n) is 20.5. The number of aliphatic hydroxyl groups is 1. The van der Waals surface area contributed by atoms with Crippen LogP contribution in [0.25, 0.3) is 0 Å². The first kappa shape index (κ1) is 28.3. The molecule has 0 heterocycles. The summed E-state index contributed by atoms with van der Waals surface area (Å²) in [6.45, 7) is -0.172. The van der Waals surface area contributed by atoms with Gasteiger partial charge in [-0.3, -0.25) is 4.79 Å². The highest BCUT2D eigenvalue weighted by molar-refractivity contribution is 7.92. The van der Waals surface area contributed by atoms with Crippen molar-refractivity contribution in [3.05, 3.63) is 58.4 Å². The molecule has 3 unspecified atom stereocenters. The van der Waals surface area contributed by atoms with Crippen LogP contribution in [0, 0.1) is 29.3 Å². The molecule has 4 atom stereocenters. The Hall–Kier alpha value is -2.19. The van der Waals surface area contributed by atoms with E-state index in [9.17, 15) is 39.9 Å². The highest BCUT2D eigenvalue weighted by Gasteiger charge is 2.56. The molecule has 0 spiro atoms. The zero-order valence-corrected chi connectivity index (χ0v) is 22.9. The number of benzene rings is 2. The Balaban J connectivity index is 1.34.